The number of aryl methyl sites for hydroxylation is 1. The van der Waals surface area contributed by atoms with Crippen molar-refractivity contribution in [3.63, 3.8) is 0 Å². The fourth-order valence-corrected chi connectivity index (χ4v) is 5.68. The Bertz CT molecular complexity index is 542. The predicted octanol–water partition coefficient (Wildman–Crippen LogP) is 3.35. The Morgan fingerprint density at radius 1 is 1.47 bits per heavy atom. The van der Waals surface area contributed by atoms with Crippen LogP contribution in [0.15, 0.2) is 4.21 Å². The van der Waals surface area contributed by atoms with E-state index in [4.69, 9.17) is 11.6 Å². The Morgan fingerprint density at radius 2 is 2.21 bits per heavy atom. The van der Waals surface area contributed by atoms with Gasteiger partial charge in [-0.1, -0.05) is 49.1 Å². The summed E-state index contributed by atoms with van der Waals surface area (Å²) in [7, 11) is -3.48. The van der Waals surface area contributed by atoms with Crippen LogP contribution in [0.3, 0.4) is 0 Å². The van der Waals surface area contributed by atoms with Crippen LogP contribution in [0.25, 0.3) is 0 Å². The molecule has 0 saturated heterocycles. The summed E-state index contributed by atoms with van der Waals surface area (Å²) in [4.78, 5) is 3.97. The van der Waals surface area contributed by atoms with Gasteiger partial charge in [0.1, 0.15) is 0 Å². The van der Waals surface area contributed by atoms with Crippen molar-refractivity contribution in [2.75, 3.05) is 0 Å². The van der Waals surface area contributed by atoms with Crippen molar-refractivity contribution in [2.45, 2.75) is 56.2 Å². The second kappa shape index (κ2) is 6.08. The maximum Gasteiger partial charge on any atom is 0.252 e. The summed E-state index contributed by atoms with van der Waals surface area (Å²) in [6, 6.07) is 0.0453. The van der Waals surface area contributed by atoms with E-state index in [1.165, 1.54) is 6.42 Å². The van der Waals surface area contributed by atoms with Gasteiger partial charge in [-0.05, 0) is 25.7 Å². The van der Waals surface area contributed by atoms with E-state index in [0.717, 1.165) is 37.0 Å². The van der Waals surface area contributed by atoms with Crippen LogP contribution in [0.1, 0.15) is 44.7 Å². The van der Waals surface area contributed by atoms with Crippen LogP contribution in [0.5, 0.6) is 0 Å². The molecule has 0 aliphatic heterocycles. The summed E-state index contributed by atoms with van der Waals surface area (Å²) >= 11 is 6.80. The lowest BCUT2D eigenvalue weighted by atomic mass is 9.85. The van der Waals surface area contributed by atoms with E-state index in [1.54, 1.807) is 6.92 Å². The van der Waals surface area contributed by atoms with Crippen molar-refractivity contribution in [3.8, 4) is 0 Å². The number of nitrogens with zero attached hydrogens (tertiary/aromatic N) is 1. The molecular formula is C12H19ClN2O2S2. The van der Waals surface area contributed by atoms with Crippen LogP contribution in [-0.2, 0) is 10.0 Å². The molecule has 1 heterocycles. The van der Waals surface area contributed by atoms with Gasteiger partial charge in [0.25, 0.3) is 10.0 Å². The second-order valence-electron chi connectivity index (χ2n) is 5.10. The van der Waals surface area contributed by atoms with Gasteiger partial charge in [0.2, 0.25) is 0 Å². The predicted molar refractivity (Wildman–Crippen MR) is 78.2 cm³/mol. The second-order valence-corrected chi connectivity index (χ2v) is 8.59. The number of hydrogen-bond donors (Lipinski definition) is 1. The Morgan fingerprint density at radius 3 is 2.79 bits per heavy atom. The molecule has 4 nitrogen and oxygen atoms in total. The quantitative estimate of drug-likeness (QED) is 0.924. The highest BCUT2D eigenvalue weighted by Gasteiger charge is 2.28. The molecule has 0 spiro atoms. The van der Waals surface area contributed by atoms with Crippen LogP contribution in [-0.4, -0.2) is 19.4 Å². The fourth-order valence-electron chi connectivity index (χ4n) is 2.64. The van der Waals surface area contributed by atoms with Crippen molar-refractivity contribution in [1.82, 2.24) is 9.71 Å². The van der Waals surface area contributed by atoms with E-state index in [-0.39, 0.29) is 14.7 Å². The molecule has 2 unspecified atom stereocenters. The van der Waals surface area contributed by atoms with Gasteiger partial charge in [-0.15, -0.1) is 0 Å². The molecular weight excluding hydrogens is 304 g/mol. The normalized spacial score (nSPS) is 24.6. The van der Waals surface area contributed by atoms with Crippen LogP contribution in [0.4, 0.5) is 0 Å². The van der Waals surface area contributed by atoms with E-state index < -0.39 is 10.0 Å². The molecule has 0 amide bonds. The summed E-state index contributed by atoms with van der Waals surface area (Å²) in [5.41, 5.74) is 0.477. The van der Waals surface area contributed by atoms with Crippen molar-refractivity contribution in [3.05, 3.63) is 10.2 Å². The highest BCUT2D eigenvalue weighted by Crippen LogP contribution is 2.30. The monoisotopic (exact) mass is 322 g/mol. The molecule has 0 aromatic carbocycles. The number of sulfonamides is 1. The Labute approximate surface area is 123 Å². The van der Waals surface area contributed by atoms with Gasteiger partial charge in [-0.25, -0.2) is 18.1 Å². The zero-order chi connectivity index (χ0) is 14.0. The first kappa shape index (κ1) is 15.2. The first-order valence-corrected chi connectivity index (χ1v) is 9.25. The molecule has 0 bridgehead atoms. The molecule has 1 aromatic rings. The standard InChI is InChI=1S/C12H19ClN2O2S2/c1-3-9-5-4-6-10(7-9)15-19(16,17)11-8(2)14-12(13)18-11/h9-10,15H,3-7H2,1-2H3. The summed E-state index contributed by atoms with van der Waals surface area (Å²) in [5.74, 6) is 0.632. The van der Waals surface area contributed by atoms with Crippen LogP contribution in [0, 0.1) is 12.8 Å². The molecule has 1 aliphatic carbocycles. The molecule has 108 valence electrons. The van der Waals surface area contributed by atoms with Gasteiger partial charge in [-0.3, -0.25) is 0 Å². The van der Waals surface area contributed by atoms with Gasteiger partial charge < -0.3 is 0 Å². The number of hydrogen-bond acceptors (Lipinski definition) is 4. The zero-order valence-electron chi connectivity index (χ0n) is 11.1. The number of halogens is 1. The minimum Gasteiger partial charge on any atom is -0.229 e. The third-order valence-corrected chi connectivity index (χ3v) is 7.05. The fraction of sp³-hybridized carbons (Fsp3) is 0.750. The van der Waals surface area contributed by atoms with Crippen molar-refractivity contribution in [1.29, 1.82) is 0 Å². The summed E-state index contributed by atoms with van der Waals surface area (Å²) < 4.78 is 28.0. The maximum absolute atomic E-state index is 12.3. The molecule has 1 saturated carbocycles. The Kier molecular flexibility index (Phi) is 4.87. The highest BCUT2D eigenvalue weighted by molar-refractivity contribution is 7.91. The molecule has 2 atom stereocenters. The number of aromatic nitrogens is 1. The first-order chi connectivity index (χ1) is 8.92. The van der Waals surface area contributed by atoms with Crippen molar-refractivity contribution < 1.29 is 8.42 Å². The third kappa shape index (κ3) is 3.68. The van der Waals surface area contributed by atoms with E-state index in [1.807, 2.05) is 0 Å². The van der Waals surface area contributed by atoms with Crippen LogP contribution in [0.2, 0.25) is 4.47 Å². The molecule has 1 aliphatic rings. The van der Waals surface area contributed by atoms with Gasteiger partial charge in [-0.2, -0.15) is 0 Å². The van der Waals surface area contributed by atoms with Crippen LogP contribution >= 0.6 is 22.9 Å². The molecule has 7 heteroatoms. The number of thiazole rings is 1. The molecule has 2 rings (SSSR count). The lowest BCUT2D eigenvalue weighted by Crippen LogP contribution is -2.38. The van der Waals surface area contributed by atoms with E-state index >= 15 is 0 Å². The lowest BCUT2D eigenvalue weighted by Gasteiger charge is -2.28. The van der Waals surface area contributed by atoms with Crippen molar-refractivity contribution in [2.24, 2.45) is 5.92 Å². The average molecular weight is 323 g/mol. The highest BCUT2D eigenvalue weighted by atomic mass is 35.5. The van der Waals surface area contributed by atoms with Gasteiger partial charge >= 0.3 is 0 Å². The molecule has 1 N–H and O–H groups in total. The SMILES string of the molecule is CCC1CCCC(NS(=O)(=O)c2sc(Cl)nc2C)C1. The Hall–Kier alpha value is -0.170. The third-order valence-electron chi connectivity index (χ3n) is 3.65. The first-order valence-electron chi connectivity index (χ1n) is 6.57. The molecule has 0 radical (unpaired) electrons. The van der Waals surface area contributed by atoms with Crippen molar-refractivity contribution >= 4 is 33.0 Å². The minimum absolute atomic E-state index is 0.0453. The largest absolute Gasteiger partial charge is 0.252 e. The summed E-state index contributed by atoms with van der Waals surface area (Å²) in [6.45, 7) is 3.83. The van der Waals surface area contributed by atoms with Gasteiger partial charge in [0, 0.05) is 6.04 Å². The molecule has 19 heavy (non-hydrogen) atoms. The van der Waals surface area contributed by atoms with E-state index in [2.05, 4.69) is 16.6 Å². The molecule has 1 aromatic heterocycles. The van der Waals surface area contributed by atoms with E-state index in [9.17, 15) is 8.42 Å². The van der Waals surface area contributed by atoms with Gasteiger partial charge in [0.05, 0.1) is 5.69 Å². The van der Waals surface area contributed by atoms with Gasteiger partial charge in [0.15, 0.2) is 8.68 Å². The zero-order valence-corrected chi connectivity index (χ0v) is 13.5. The molecule has 1 fully saturated rings. The average Bonchev–Trinajstić information content (AvgIpc) is 2.69. The lowest BCUT2D eigenvalue weighted by molar-refractivity contribution is 0.301. The topological polar surface area (TPSA) is 59.1 Å². The smallest absolute Gasteiger partial charge is 0.229 e. The Balaban J connectivity index is 2.11. The van der Waals surface area contributed by atoms with E-state index in [0.29, 0.717) is 11.6 Å². The summed E-state index contributed by atoms with van der Waals surface area (Å²) in [5, 5.41) is 0. The summed E-state index contributed by atoms with van der Waals surface area (Å²) in [6.07, 6.45) is 5.26. The number of rotatable bonds is 4. The number of nitrogens with one attached hydrogen (secondary N) is 1. The minimum atomic E-state index is -3.48. The maximum atomic E-state index is 12.3. The van der Waals surface area contributed by atoms with Crippen LogP contribution < -0.4 is 4.72 Å².